The van der Waals surface area contributed by atoms with Gasteiger partial charge >= 0.3 is 5.97 Å². The van der Waals surface area contributed by atoms with Crippen LogP contribution < -0.4 is 0 Å². The van der Waals surface area contributed by atoms with Gasteiger partial charge in [0.2, 0.25) is 5.91 Å². The van der Waals surface area contributed by atoms with Crippen molar-refractivity contribution in [2.45, 2.75) is 45.1 Å². The zero-order chi connectivity index (χ0) is 13.8. The Labute approximate surface area is 113 Å². The van der Waals surface area contributed by atoms with Gasteiger partial charge in [-0.3, -0.25) is 9.59 Å². The molecule has 3 unspecified atom stereocenters. The normalized spacial score (nSPS) is 32.1. The molecule has 108 valence electrons. The van der Waals surface area contributed by atoms with Crippen LogP contribution in [-0.4, -0.2) is 47.7 Å². The number of hydrogen-bond donors (Lipinski definition) is 1. The number of carbonyl (C=O) groups is 2. The molecule has 1 N–H and O–H groups in total. The smallest absolute Gasteiger partial charge is 0.306 e. The second-order valence-corrected chi connectivity index (χ2v) is 5.74. The van der Waals surface area contributed by atoms with E-state index >= 15 is 0 Å². The molecule has 0 aromatic heterocycles. The number of carboxylic acids is 1. The first-order chi connectivity index (χ1) is 9.08. The summed E-state index contributed by atoms with van der Waals surface area (Å²) in [5, 5.41) is 8.80. The van der Waals surface area contributed by atoms with Gasteiger partial charge in [0.1, 0.15) is 0 Å². The molecule has 0 aromatic carbocycles. The lowest BCUT2D eigenvalue weighted by atomic mass is 9.79. The highest BCUT2D eigenvalue weighted by Crippen LogP contribution is 2.31. The van der Waals surface area contributed by atoms with Crippen molar-refractivity contribution >= 4 is 11.9 Å². The van der Waals surface area contributed by atoms with Gasteiger partial charge in [0.25, 0.3) is 0 Å². The third-order valence-corrected chi connectivity index (χ3v) is 4.28. The summed E-state index contributed by atoms with van der Waals surface area (Å²) in [6.45, 7) is 3.62. The van der Waals surface area contributed by atoms with E-state index in [1.165, 1.54) is 6.42 Å². The van der Waals surface area contributed by atoms with Crippen LogP contribution in [0, 0.1) is 11.8 Å². The first kappa shape index (κ1) is 14.3. The molecule has 2 aliphatic rings. The number of nitrogens with zero attached hydrogens (tertiary/aromatic N) is 1. The topological polar surface area (TPSA) is 66.8 Å². The van der Waals surface area contributed by atoms with E-state index in [1.807, 2.05) is 4.90 Å². The average molecular weight is 269 g/mol. The summed E-state index contributed by atoms with van der Waals surface area (Å²) < 4.78 is 5.41. The summed E-state index contributed by atoms with van der Waals surface area (Å²) in [5.74, 6) is -0.101. The Hall–Kier alpha value is -1.10. The first-order valence-corrected chi connectivity index (χ1v) is 7.20. The van der Waals surface area contributed by atoms with Crippen LogP contribution in [0.1, 0.15) is 39.0 Å². The van der Waals surface area contributed by atoms with E-state index in [2.05, 4.69) is 6.92 Å². The highest BCUT2D eigenvalue weighted by atomic mass is 16.5. The second kappa shape index (κ2) is 6.37. The molecule has 0 bridgehead atoms. The molecule has 1 aliphatic carbocycles. The molecular weight excluding hydrogens is 246 g/mol. The van der Waals surface area contributed by atoms with Crippen molar-refractivity contribution < 1.29 is 19.4 Å². The van der Waals surface area contributed by atoms with Crippen LogP contribution in [0.4, 0.5) is 0 Å². The van der Waals surface area contributed by atoms with Gasteiger partial charge in [0.05, 0.1) is 19.1 Å². The van der Waals surface area contributed by atoms with Crippen LogP contribution >= 0.6 is 0 Å². The predicted molar refractivity (Wildman–Crippen MR) is 69.7 cm³/mol. The van der Waals surface area contributed by atoms with Crippen molar-refractivity contribution in [2.24, 2.45) is 11.8 Å². The highest BCUT2D eigenvalue weighted by Gasteiger charge is 2.34. The van der Waals surface area contributed by atoms with E-state index in [-0.39, 0.29) is 24.3 Å². The van der Waals surface area contributed by atoms with Crippen molar-refractivity contribution in [3.8, 4) is 0 Å². The van der Waals surface area contributed by atoms with Gasteiger partial charge in [-0.25, -0.2) is 0 Å². The molecule has 5 nitrogen and oxygen atoms in total. The second-order valence-electron chi connectivity index (χ2n) is 5.74. The third-order valence-electron chi connectivity index (χ3n) is 4.28. The number of rotatable bonds is 3. The van der Waals surface area contributed by atoms with Gasteiger partial charge < -0.3 is 14.7 Å². The number of hydrogen-bond acceptors (Lipinski definition) is 3. The van der Waals surface area contributed by atoms with Gasteiger partial charge in [-0.05, 0) is 18.8 Å². The Kier molecular flexibility index (Phi) is 4.80. The highest BCUT2D eigenvalue weighted by molar-refractivity contribution is 5.79. The lowest BCUT2D eigenvalue weighted by Gasteiger charge is -2.37. The summed E-state index contributed by atoms with van der Waals surface area (Å²) in [6, 6.07) is 0. The number of carbonyl (C=O) groups excluding carboxylic acids is 1. The van der Waals surface area contributed by atoms with Crippen LogP contribution in [0.2, 0.25) is 0 Å². The maximum absolute atomic E-state index is 12.5. The van der Waals surface area contributed by atoms with E-state index in [9.17, 15) is 9.59 Å². The molecule has 0 spiro atoms. The van der Waals surface area contributed by atoms with E-state index < -0.39 is 5.97 Å². The number of carboxylic acid groups (broad SMARTS) is 1. The molecular formula is C14H23NO4. The van der Waals surface area contributed by atoms with E-state index in [0.29, 0.717) is 25.6 Å². The Morgan fingerprint density at radius 2 is 2.05 bits per heavy atom. The Morgan fingerprint density at radius 3 is 2.74 bits per heavy atom. The number of aliphatic carboxylic acids is 1. The molecule has 1 aliphatic heterocycles. The van der Waals surface area contributed by atoms with Crippen LogP contribution in [0.15, 0.2) is 0 Å². The lowest BCUT2D eigenvalue weighted by Crippen LogP contribution is -2.49. The molecule has 2 rings (SSSR count). The molecule has 1 saturated carbocycles. The van der Waals surface area contributed by atoms with Crippen molar-refractivity contribution in [1.82, 2.24) is 4.90 Å². The molecule has 5 heteroatoms. The Bertz CT molecular complexity index is 344. The molecule has 2 fully saturated rings. The Balaban J connectivity index is 1.92. The molecule has 3 atom stereocenters. The summed E-state index contributed by atoms with van der Waals surface area (Å²) in [7, 11) is 0. The fourth-order valence-electron chi connectivity index (χ4n) is 3.16. The summed E-state index contributed by atoms with van der Waals surface area (Å²) in [5.41, 5.74) is 0. The minimum Gasteiger partial charge on any atom is -0.481 e. The third kappa shape index (κ3) is 3.69. The summed E-state index contributed by atoms with van der Waals surface area (Å²) >= 11 is 0. The van der Waals surface area contributed by atoms with Gasteiger partial charge in [-0.15, -0.1) is 0 Å². The number of amides is 1. The summed E-state index contributed by atoms with van der Waals surface area (Å²) in [4.78, 5) is 25.0. The minimum atomic E-state index is -0.870. The summed E-state index contributed by atoms with van der Waals surface area (Å²) in [6.07, 6.45) is 4.07. The van der Waals surface area contributed by atoms with Crippen LogP contribution in [-0.2, 0) is 14.3 Å². The molecule has 1 heterocycles. The fraction of sp³-hybridized carbons (Fsp3) is 0.857. The fourth-order valence-corrected chi connectivity index (χ4v) is 3.16. The zero-order valence-corrected chi connectivity index (χ0v) is 11.5. The van der Waals surface area contributed by atoms with Crippen molar-refractivity contribution in [2.75, 3.05) is 19.7 Å². The zero-order valence-electron chi connectivity index (χ0n) is 11.5. The quantitative estimate of drug-likeness (QED) is 0.843. The molecule has 1 saturated heterocycles. The average Bonchev–Trinajstić information content (AvgIpc) is 2.38. The van der Waals surface area contributed by atoms with E-state index in [4.69, 9.17) is 9.84 Å². The maximum Gasteiger partial charge on any atom is 0.306 e. The van der Waals surface area contributed by atoms with Gasteiger partial charge in [0, 0.05) is 19.0 Å². The standard InChI is InChI=1S/C14H23NO4/c1-10-4-2-3-5-12(10)14(18)15-6-7-19-11(9-15)8-13(16)17/h10-12H,2-9H2,1H3,(H,16,17). The maximum atomic E-state index is 12.5. The lowest BCUT2D eigenvalue weighted by molar-refractivity contribution is -0.151. The van der Waals surface area contributed by atoms with E-state index in [1.54, 1.807) is 0 Å². The van der Waals surface area contributed by atoms with E-state index in [0.717, 1.165) is 19.3 Å². The van der Waals surface area contributed by atoms with Gasteiger partial charge in [0.15, 0.2) is 0 Å². The molecule has 0 aromatic rings. The molecule has 0 radical (unpaired) electrons. The minimum absolute atomic E-state index is 0.0238. The van der Waals surface area contributed by atoms with Crippen molar-refractivity contribution in [3.05, 3.63) is 0 Å². The first-order valence-electron chi connectivity index (χ1n) is 7.20. The van der Waals surface area contributed by atoms with Gasteiger partial charge in [-0.1, -0.05) is 19.8 Å². The van der Waals surface area contributed by atoms with Gasteiger partial charge in [-0.2, -0.15) is 0 Å². The largest absolute Gasteiger partial charge is 0.481 e. The van der Waals surface area contributed by atoms with Crippen LogP contribution in [0.3, 0.4) is 0 Å². The Morgan fingerprint density at radius 1 is 1.32 bits per heavy atom. The van der Waals surface area contributed by atoms with Crippen molar-refractivity contribution in [3.63, 3.8) is 0 Å². The molecule has 1 amide bonds. The van der Waals surface area contributed by atoms with Crippen molar-refractivity contribution in [1.29, 1.82) is 0 Å². The molecule has 19 heavy (non-hydrogen) atoms. The number of morpholine rings is 1. The monoisotopic (exact) mass is 269 g/mol. The van der Waals surface area contributed by atoms with Crippen LogP contribution in [0.5, 0.6) is 0 Å². The number of ether oxygens (including phenoxy) is 1. The SMILES string of the molecule is CC1CCCCC1C(=O)N1CCOC(CC(=O)O)C1. The van der Waals surface area contributed by atoms with Crippen LogP contribution in [0.25, 0.3) is 0 Å². The predicted octanol–water partition coefficient (Wildman–Crippen LogP) is 1.51.